The fourth-order valence-corrected chi connectivity index (χ4v) is 7.89. The molecule has 0 saturated carbocycles. The largest absolute Gasteiger partial charge is 0.344 e. The van der Waals surface area contributed by atoms with Crippen molar-refractivity contribution in [3.8, 4) is 0 Å². The molecule has 0 saturated heterocycles. The van der Waals surface area contributed by atoms with Gasteiger partial charge in [-0.1, -0.05) is 105 Å². The lowest BCUT2D eigenvalue weighted by Gasteiger charge is -2.29. The van der Waals surface area contributed by atoms with Crippen LogP contribution in [0, 0.1) is 13.8 Å². The molecule has 2 aliphatic rings. The predicted molar refractivity (Wildman–Crippen MR) is 190 cm³/mol. The van der Waals surface area contributed by atoms with Gasteiger partial charge in [0.05, 0.1) is 10.8 Å². The molecule has 44 heavy (non-hydrogen) atoms. The average Bonchev–Trinajstić information content (AvgIpc) is 3.38. The summed E-state index contributed by atoms with van der Waals surface area (Å²) in [5.41, 5.74) is 12.4. The van der Waals surface area contributed by atoms with E-state index in [0.717, 1.165) is 19.4 Å². The van der Waals surface area contributed by atoms with Crippen molar-refractivity contribution < 1.29 is 4.58 Å². The van der Waals surface area contributed by atoms with Crippen LogP contribution in [-0.4, -0.2) is 23.9 Å². The number of unbranched alkanes of at least 4 members (excludes halogenated alkanes) is 2. The van der Waals surface area contributed by atoms with E-state index in [-0.39, 0.29) is 10.8 Å². The van der Waals surface area contributed by atoms with Gasteiger partial charge in [0.2, 0.25) is 5.69 Å². The molecule has 4 aromatic carbocycles. The fourth-order valence-electron chi connectivity index (χ4n) is 7.89. The van der Waals surface area contributed by atoms with E-state index in [4.69, 9.17) is 0 Å². The second-order valence-electron chi connectivity index (χ2n) is 13.5. The lowest BCUT2D eigenvalue weighted by molar-refractivity contribution is -0.399. The first-order valence-corrected chi connectivity index (χ1v) is 16.7. The van der Waals surface area contributed by atoms with Crippen LogP contribution >= 0.6 is 0 Å². The van der Waals surface area contributed by atoms with Gasteiger partial charge in [0.25, 0.3) is 0 Å². The molecule has 226 valence electrons. The van der Waals surface area contributed by atoms with Gasteiger partial charge in [-0.05, 0) is 87.2 Å². The number of benzene rings is 4. The molecule has 4 aromatic rings. The third kappa shape index (κ3) is 4.93. The molecular formula is C42H49N2+. The monoisotopic (exact) mass is 581 g/mol. The van der Waals surface area contributed by atoms with Crippen LogP contribution in [0.3, 0.4) is 0 Å². The zero-order chi connectivity index (χ0) is 31.1. The highest BCUT2D eigenvalue weighted by Crippen LogP contribution is 2.50. The first kappa shape index (κ1) is 30.1. The van der Waals surface area contributed by atoms with Crippen molar-refractivity contribution in [3.63, 3.8) is 0 Å². The molecule has 2 nitrogen and oxygen atoms in total. The van der Waals surface area contributed by atoms with Crippen LogP contribution in [0.4, 0.5) is 11.4 Å². The van der Waals surface area contributed by atoms with E-state index in [1.807, 2.05) is 0 Å². The molecule has 0 amide bonds. The van der Waals surface area contributed by atoms with E-state index in [1.54, 1.807) is 0 Å². The van der Waals surface area contributed by atoms with Crippen LogP contribution < -0.4 is 4.90 Å². The average molecular weight is 582 g/mol. The summed E-state index contributed by atoms with van der Waals surface area (Å²) in [6.45, 7) is 15.1. The topological polar surface area (TPSA) is 6.25 Å². The maximum atomic E-state index is 2.62. The normalized spacial score (nSPS) is 22.1. The standard InChI is InChI=1S/C42H49N2/c1-8-10-15-27-44-37-26-23-30(3)28-36(37)41(5,9-2)39(44)22-16-21-38-42(6,29-33-19-12-11-17-31(33)4)35-25-24-32-18-13-14-20-34(32)40(35)43(38)7/h11-14,16-26,28H,8-10,15,27,29H2,1-7H3/q+1. The Morgan fingerprint density at radius 1 is 0.818 bits per heavy atom. The molecule has 2 aliphatic heterocycles. The number of nitrogens with zero attached hydrogens (tertiary/aromatic N) is 2. The van der Waals surface area contributed by atoms with Crippen LogP contribution in [-0.2, 0) is 17.3 Å². The van der Waals surface area contributed by atoms with Gasteiger partial charge in [-0.25, -0.2) is 0 Å². The quantitative estimate of drug-likeness (QED) is 0.141. The van der Waals surface area contributed by atoms with Crippen molar-refractivity contribution >= 4 is 27.9 Å². The summed E-state index contributed by atoms with van der Waals surface area (Å²) in [5.74, 6) is 0. The second-order valence-corrected chi connectivity index (χ2v) is 13.5. The smallest absolute Gasteiger partial charge is 0.217 e. The number of hydrogen-bond donors (Lipinski definition) is 0. The van der Waals surface area contributed by atoms with E-state index in [2.05, 4.69) is 155 Å². The van der Waals surface area contributed by atoms with Gasteiger partial charge in [-0.15, -0.1) is 0 Å². The first-order valence-electron chi connectivity index (χ1n) is 16.7. The van der Waals surface area contributed by atoms with Crippen molar-refractivity contribution in [3.05, 3.63) is 131 Å². The lowest BCUT2D eigenvalue weighted by atomic mass is 9.73. The Morgan fingerprint density at radius 3 is 2.36 bits per heavy atom. The van der Waals surface area contributed by atoms with Crippen LogP contribution in [0.15, 0.2) is 103 Å². The summed E-state index contributed by atoms with van der Waals surface area (Å²) in [7, 11) is 2.27. The maximum Gasteiger partial charge on any atom is 0.217 e. The number of hydrogen-bond acceptors (Lipinski definition) is 1. The zero-order valence-corrected chi connectivity index (χ0v) is 27.9. The highest BCUT2D eigenvalue weighted by Gasteiger charge is 2.48. The van der Waals surface area contributed by atoms with Gasteiger partial charge in [-0.3, -0.25) is 0 Å². The van der Waals surface area contributed by atoms with E-state index < -0.39 is 0 Å². The minimum atomic E-state index is -0.153. The summed E-state index contributed by atoms with van der Waals surface area (Å²) in [4.78, 5) is 2.62. The highest BCUT2D eigenvalue weighted by molar-refractivity contribution is 6.07. The van der Waals surface area contributed by atoms with Gasteiger partial charge >= 0.3 is 0 Å². The van der Waals surface area contributed by atoms with Crippen molar-refractivity contribution in [1.82, 2.24) is 0 Å². The Hall–Kier alpha value is -3.91. The Bertz CT molecular complexity index is 1800. The van der Waals surface area contributed by atoms with Crippen LogP contribution in [0.2, 0.25) is 0 Å². The van der Waals surface area contributed by atoms with Gasteiger partial charge in [0, 0.05) is 35.0 Å². The van der Waals surface area contributed by atoms with Crippen molar-refractivity contribution in [1.29, 1.82) is 0 Å². The van der Waals surface area contributed by atoms with E-state index >= 15 is 0 Å². The molecular weight excluding hydrogens is 532 g/mol. The van der Waals surface area contributed by atoms with Crippen molar-refractivity contribution in [2.45, 2.75) is 84.5 Å². The Labute approximate surface area is 265 Å². The molecule has 0 N–H and O–H groups in total. The zero-order valence-electron chi connectivity index (χ0n) is 27.9. The van der Waals surface area contributed by atoms with E-state index in [1.165, 1.54) is 80.6 Å². The molecule has 6 rings (SSSR count). The number of rotatable bonds is 9. The summed E-state index contributed by atoms with van der Waals surface area (Å²) < 4.78 is 2.47. The molecule has 0 aromatic heterocycles. The Morgan fingerprint density at radius 2 is 1.59 bits per heavy atom. The maximum absolute atomic E-state index is 2.62. The molecule has 2 heteroatoms. The Balaban J connectivity index is 1.47. The van der Waals surface area contributed by atoms with E-state index in [0.29, 0.717) is 0 Å². The number of aryl methyl sites for hydroxylation is 2. The van der Waals surface area contributed by atoms with Crippen LogP contribution in [0.5, 0.6) is 0 Å². The first-order chi connectivity index (χ1) is 21.2. The third-order valence-corrected chi connectivity index (χ3v) is 10.7. The minimum Gasteiger partial charge on any atom is -0.344 e. The molecule has 0 bridgehead atoms. The fraction of sp³-hybridized carbons (Fsp3) is 0.357. The molecule has 0 aliphatic carbocycles. The summed E-state index contributed by atoms with van der Waals surface area (Å²) in [6, 6.07) is 29.5. The molecule has 2 unspecified atom stereocenters. The van der Waals surface area contributed by atoms with Gasteiger partial charge in [-0.2, -0.15) is 4.58 Å². The molecule has 0 spiro atoms. The summed E-state index contributed by atoms with van der Waals surface area (Å²) in [6.07, 6.45) is 12.9. The molecule has 2 atom stereocenters. The van der Waals surface area contributed by atoms with Crippen LogP contribution in [0.1, 0.15) is 81.2 Å². The van der Waals surface area contributed by atoms with Crippen molar-refractivity contribution in [2.24, 2.45) is 0 Å². The summed E-state index contributed by atoms with van der Waals surface area (Å²) >= 11 is 0. The molecule has 0 radical (unpaired) electrons. The van der Waals surface area contributed by atoms with E-state index in [9.17, 15) is 0 Å². The summed E-state index contributed by atoms with van der Waals surface area (Å²) in [5, 5.41) is 2.62. The number of fused-ring (bicyclic) bond motifs is 4. The molecule has 0 fully saturated rings. The lowest BCUT2D eigenvalue weighted by Crippen LogP contribution is -2.33. The molecule has 2 heterocycles. The van der Waals surface area contributed by atoms with Gasteiger partial charge < -0.3 is 4.90 Å². The van der Waals surface area contributed by atoms with Crippen LogP contribution in [0.25, 0.3) is 10.8 Å². The highest BCUT2D eigenvalue weighted by atomic mass is 15.2. The Kier molecular flexibility index (Phi) is 8.14. The van der Waals surface area contributed by atoms with Gasteiger partial charge in [0.1, 0.15) is 7.05 Å². The minimum absolute atomic E-state index is 0.00618. The second kappa shape index (κ2) is 11.9. The SMILES string of the molecule is CCCCCN1C(=CC=CC2=[N+](C)c3c(ccc4ccccc34)C2(C)Cc2ccccc2C)C(C)(CC)c2cc(C)ccc21. The van der Waals surface area contributed by atoms with Crippen molar-refractivity contribution in [2.75, 3.05) is 18.5 Å². The number of allylic oxidation sites excluding steroid dienone is 4. The number of anilines is 1. The van der Waals surface area contributed by atoms with Gasteiger partial charge in [0.15, 0.2) is 5.71 Å². The predicted octanol–water partition coefficient (Wildman–Crippen LogP) is 10.5. The third-order valence-electron chi connectivity index (χ3n) is 10.7.